The topological polar surface area (TPSA) is 117 Å². The van der Waals surface area contributed by atoms with Crippen LogP contribution in [0, 0.1) is 10.1 Å². The molecule has 1 fully saturated rings. The highest BCUT2D eigenvalue weighted by atomic mass is 16.6. The van der Waals surface area contributed by atoms with E-state index in [4.69, 9.17) is 0 Å². The fraction of sp³-hybridized carbons (Fsp3) is 0.364. The maximum Gasteiger partial charge on any atom is 0.311 e. The Labute approximate surface area is 114 Å². The first-order valence-electron chi connectivity index (χ1n) is 5.87. The van der Waals surface area contributed by atoms with Gasteiger partial charge in [-0.05, 0) is 13.0 Å². The normalized spacial score (nSPS) is 18.7. The number of pyridine rings is 1. The molecule has 2 amide bonds. The van der Waals surface area contributed by atoms with Gasteiger partial charge in [0.2, 0.25) is 17.6 Å². The minimum atomic E-state index is -0.717. The highest BCUT2D eigenvalue weighted by molar-refractivity contribution is 6.04. The van der Waals surface area contributed by atoms with Crippen molar-refractivity contribution >= 4 is 29.1 Å². The second kappa shape index (κ2) is 5.11. The highest BCUT2D eigenvalue weighted by Crippen LogP contribution is 2.29. The SMILES string of the molecule is CNc1ccc([N+](=O)[O-])c(N2CC(=O)NC(=O)C2C)n1. The molecule has 9 nitrogen and oxygen atoms in total. The van der Waals surface area contributed by atoms with Gasteiger partial charge in [0.1, 0.15) is 11.9 Å². The van der Waals surface area contributed by atoms with Crippen LogP contribution in [0.25, 0.3) is 0 Å². The molecule has 0 aliphatic carbocycles. The lowest BCUT2D eigenvalue weighted by molar-refractivity contribution is -0.384. The van der Waals surface area contributed by atoms with Crippen molar-refractivity contribution in [3.8, 4) is 0 Å². The van der Waals surface area contributed by atoms with E-state index in [0.29, 0.717) is 5.82 Å². The first-order chi connectivity index (χ1) is 9.43. The Bertz CT molecular complexity index is 588. The van der Waals surface area contributed by atoms with Gasteiger partial charge in [0.05, 0.1) is 11.5 Å². The van der Waals surface area contributed by atoms with E-state index in [1.54, 1.807) is 14.0 Å². The number of hydrogen-bond donors (Lipinski definition) is 2. The smallest absolute Gasteiger partial charge is 0.311 e. The van der Waals surface area contributed by atoms with E-state index < -0.39 is 22.8 Å². The van der Waals surface area contributed by atoms with Crippen molar-refractivity contribution in [2.24, 2.45) is 0 Å². The summed E-state index contributed by atoms with van der Waals surface area (Å²) in [5.74, 6) is -0.611. The fourth-order valence-electron chi connectivity index (χ4n) is 1.91. The average Bonchev–Trinajstić information content (AvgIpc) is 2.42. The molecule has 1 atom stereocenters. The van der Waals surface area contributed by atoms with Gasteiger partial charge in [-0.2, -0.15) is 0 Å². The number of amides is 2. The number of piperazine rings is 1. The van der Waals surface area contributed by atoms with E-state index in [1.165, 1.54) is 17.0 Å². The average molecular weight is 279 g/mol. The van der Waals surface area contributed by atoms with Crippen LogP contribution in [0.5, 0.6) is 0 Å². The predicted molar refractivity (Wildman–Crippen MR) is 70.4 cm³/mol. The standard InChI is InChI=1S/C11H13N5O4/c1-6-11(18)14-9(17)5-15(6)10-7(16(19)20)3-4-8(12-2)13-10/h3-4,6H,5H2,1-2H3,(H,12,13)(H,14,17,18). The van der Waals surface area contributed by atoms with E-state index in [0.717, 1.165) is 0 Å². The lowest BCUT2D eigenvalue weighted by Gasteiger charge is -2.32. The van der Waals surface area contributed by atoms with E-state index in [9.17, 15) is 19.7 Å². The van der Waals surface area contributed by atoms with Crippen molar-refractivity contribution in [1.82, 2.24) is 10.3 Å². The van der Waals surface area contributed by atoms with Crippen molar-refractivity contribution in [3.63, 3.8) is 0 Å². The highest BCUT2D eigenvalue weighted by Gasteiger charge is 2.35. The summed E-state index contributed by atoms with van der Waals surface area (Å²) in [5.41, 5.74) is -0.252. The van der Waals surface area contributed by atoms with Crippen LogP contribution < -0.4 is 15.5 Å². The van der Waals surface area contributed by atoms with Gasteiger partial charge in [0, 0.05) is 13.1 Å². The molecule has 1 aromatic heterocycles. The third-order valence-electron chi connectivity index (χ3n) is 3.00. The van der Waals surface area contributed by atoms with Crippen LogP contribution in [-0.4, -0.2) is 41.4 Å². The monoisotopic (exact) mass is 279 g/mol. The van der Waals surface area contributed by atoms with E-state index >= 15 is 0 Å². The molecule has 2 N–H and O–H groups in total. The van der Waals surface area contributed by atoms with Crippen LogP contribution in [0.2, 0.25) is 0 Å². The van der Waals surface area contributed by atoms with Crippen LogP contribution in [0.15, 0.2) is 12.1 Å². The van der Waals surface area contributed by atoms with Crippen LogP contribution >= 0.6 is 0 Å². The first kappa shape index (κ1) is 13.7. The minimum absolute atomic E-state index is 0.00227. The summed E-state index contributed by atoms with van der Waals surface area (Å²) in [4.78, 5) is 39.0. The summed E-state index contributed by atoms with van der Waals surface area (Å²) >= 11 is 0. The summed E-state index contributed by atoms with van der Waals surface area (Å²) < 4.78 is 0. The van der Waals surface area contributed by atoms with E-state index in [-0.39, 0.29) is 18.1 Å². The molecule has 1 saturated heterocycles. The Balaban J connectivity index is 2.51. The van der Waals surface area contributed by atoms with Gasteiger partial charge in [-0.15, -0.1) is 0 Å². The molecular formula is C11H13N5O4. The molecule has 2 heterocycles. The Morgan fingerprint density at radius 3 is 2.80 bits per heavy atom. The van der Waals surface area contributed by atoms with Gasteiger partial charge < -0.3 is 10.2 Å². The molecule has 1 aromatic rings. The second-order valence-electron chi connectivity index (χ2n) is 4.26. The largest absolute Gasteiger partial charge is 0.373 e. The molecule has 0 spiro atoms. The molecule has 9 heteroatoms. The Kier molecular flexibility index (Phi) is 3.51. The van der Waals surface area contributed by atoms with Crippen LogP contribution in [0.3, 0.4) is 0 Å². The van der Waals surface area contributed by atoms with Gasteiger partial charge in [-0.1, -0.05) is 0 Å². The molecular weight excluding hydrogens is 266 g/mol. The number of carbonyl (C=O) groups excluding carboxylic acids is 2. The summed E-state index contributed by atoms with van der Waals surface area (Å²) in [5, 5.41) is 16.0. The zero-order chi connectivity index (χ0) is 14.9. The third kappa shape index (κ3) is 2.37. The first-order valence-corrected chi connectivity index (χ1v) is 5.87. The molecule has 0 aromatic carbocycles. The number of anilines is 2. The fourth-order valence-corrected chi connectivity index (χ4v) is 1.91. The zero-order valence-electron chi connectivity index (χ0n) is 10.9. The molecule has 1 unspecified atom stereocenters. The van der Waals surface area contributed by atoms with Gasteiger partial charge in [0.15, 0.2) is 0 Å². The maximum atomic E-state index is 11.6. The van der Waals surface area contributed by atoms with Gasteiger partial charge in [0.25, 0.3) is 0 Å². The van der Waals surface area contributed by atoms with Crippen LogP contribution in [0.4, 0.5) is 17.3 Å². The Morgan fingerprint density at radius 1 is 1.50 bits per heavy atom. The number of imide groups is 1. The van der Waals surface area contributed by atoms with Crippen LogP contribution in [0.1, 0.15) is 6.92 Å². The minimum Gasteiger partial charge on any atom is -0.373 e. The maximum absolute atomic E-state index is 11.6. The number of nitrogens with one attached hydrogen (secondary N) is 2. The third-order valence-corrected chi connectivity index (χ3v) is 3.00. The summed E-state index contributed by atoms with van der Waals surface area (Å²) in [6.45, 7) is 1.40. The van der Waals surface area contributed by atoms with Crippen molar-refractivity contribution < 1.29 is 14.5 Å². The number of nitro groups is 1. The Morgan fingerprint density at radius 2 is 2.20 bits per heavy atom. The number of hydrogen-bond acceptors (Lipinski definition) is 7. The van der Waals surface area contributed by atoms with Crippen molar-refractivity contribution in [1.29, 1.82) is 0 Å². The molecule has 2 rings (SSSR count). The lowest BCUT2D eigenvalue weighted by Crippen LogP contribution is -2.57. The van der Waals surface area contributed by atoms with Crippen LogP contribution in [-0.2, 0) is 9.59 Å². The van der Waals surface area contributed by atoms with Gasteiger partial charge in [-0.3, -0.25) is 25.0 Å². The Hall–Kier alpha value is -2.71. The van der Waals surface area contributed by atoms with Gasteiger partial charge in [-0.25, -0.2) is 4.98 Å². The summed E-state index contributed by atoms with van der Waals surface area (Å²) in [6, 6.07) is 2.03. The molecule has 0 bridgehead atoms. The molecule has 20 heavy (non-hydrogen) atoms. The molecule has 106 valence electrons. The van der Waals surface area contributed by atoms with Crippen molar-refractivity contribution in [2.45, 2.75) is 13.0 Å². The summed E-state index contributed by atoms with van der Waals surface area (Å²) in [7, 11) is 1.62. The second-order valence-corrected chi connectivity index (χ2v) is 4.26. The zero-order valence-corrected chi connectivity index (χ0v) is 10.9. The quantitative estimate of drug-likeness (QED) is 0.450. The molecule has 0 radical (unpaired) electrons. The summed E-state index contributed by atoms with van der Waals surface area (Å²) in [6.07, 6.45) is 0. The number of aromatic nitrogens is 1. The number of nitrogens with zero attached hydrogens (tertiary/aromatic N) is 3. The lowest BCUT2D eigenvalue weighted by atomic mass is 10.2. The van der Waals surface area contributed by atoms with Crippen molar-refractivity contribution in [2.75, 3.05) is 23.8 Å². The van der Waals surface area contributed by atoms with E-state index in [2.05, 4.69) is 15.6 Å². The van der Waals surface area contributed by atoms with Gasteiger partial charge >= 0.3 is 5.69 Å². The molecule has 1 aliphatic rings. The number of carbonyl (C=O) groups is 2. The number of rotatable bonds is 3. The van der Waals surface area contributed by atoms with Crippen molar-refractivity contribution in [3.05, 3.63) is 22.2 Å². The molecule has 1 aliphatic heterocycles. The van der Waals surface area contributed by atoms with E-state index in [1.807, 2.05) is 0 Å². The predicted octanol–water partition coefficient (Wildman–Crippen LogP) is -0.117. The molecule has 0 saturated carbocycles.